The van der Waals surface area contributed by atoms with E-state index >= 15 is 0 Å². The molecule has 33 heavy (non-hydrogen) atoms. The first-order valence-electron chi connectivity index (χ1n) is 11.7. The van der Waals surface area contributed by atoms with Crippen LogP contribution in [0.4, 0.5) is 11.5 Å². The van der Waals surface area contributed by atoms with Gasteiger partial charge in [-0.2, -0.15) is 0 Å². The van der Waals surface area contributed by atoms with Crippen LogP contribution in [0, 0.1) is 6.92 Å². The van der Waals surface area contributed by atoms with Gasteiger partial charge in [-0.25, -0.2) is 9.97 Å². The van der Waals surface area contributed by atoms with Crippen molar-refractivity contribution in [1.82, 2.24) is 20.6 Å². The van der Waals surface area contributed by atoms with E-state index in [9.17, 15) is 0 Å². The summed E-state index contributed by atoms with van der Waals surface area (Å²) in [7, 11) is 0. The van der Waals surface area contributed by atoms with E-state index in [0.29, 0.717) is 12.4 Å². The molecule has 1 aromatic heterocycles. The molecule has 3 N–H and O–H groups in total. The van der Waals surface area contributed by atoms with E-state index in [1.807, 2.05) is 0 Å². The fourth-order valence-electron chi connectivity index (χ4n) is 4.42. The highest BCUT2D eigenvalue weighted by atomic mass is 35.5. The zero-order valence-electron chi connectivity index (χ0n) is 19.5. The van der Waals surface area contributed by atoms with Crippen LogP contribution in [0.1, 0.15) is 29.6 Å². The molecular formula is C26H33ClN6. The molecule has 0 bridgehead atoms. The van der Waals surface area contributed by atoms with Gasteiger partial charge in [0.1, 0.15) is 11.6 Å². The van der Waals surface area contributed by atoms with Gasteiger partial charge in [0.2, 0.25) is 0 Å². The minimum Gasteiger partial charge on any atom is -0.371 e. The summed E-state index contributed by atoms with van der Waals surface area (Å²) in [5.74, 6) is 3.19. The van der Waals surface area contributed by atoms with Crippen LogP contribution < -0.4 is 20.9 Å². The van der Waals surface area contributed by atoms with E-state index < -0.39 is 0 Å². The topological polar surface area (TPSA) is 65.1 Å². The first kappa shape index (κ1) is 23.2. The van der Waals surface area contributed by atoms with Crippen molar-refractivity contribution in [2.24, 2.45) is 0 Å². The molecule has 0 fully saturated rings. The van der Waals surface area contributed by atoms with Crippen molar-refractivity contribution in [3.8, 4) is 0 Å². The monoisotopic (exact) mass is 464 g/mol. The van der Waals surface area contributed by atoms with Crippen molar-refractivity contribution in [2.45, 2.75) is 33.2 Å². The number of nitrogens with zero attached hydrogens (tertiary/aromatic N) is 3. The summed E-state index contributed by atoms with van der Waals surface area (Å²) in [6.45, 7) is 12.2. The van der Waals surface area contributed by atoms with Gasteiger partial charge in [0, 0.05) is 55.1 Å². The van der Waals surface area contributed by atoms with Crippen molar-refractivity contribution >= 4 is 33.9 Å². The summed E-state index contributed by atoms with van der Waals surface area (Å²) in [5, 5.41) is 12.6. The van der Waals surface area contributed by atoms with E-state index in [1.54, 1.807) is 0 Å². The maximum absolute atomic E-state index is 5.71. The lowest BCUT2D eigenvalue weighted by Gasteiger charge is -2.32. The molecule has 0 atom stereocenters. The molecule has 0 radical (unpaired) electrons. The number of halogens is 1. The normalized spacial score (nSPS) is 13.0. The van der Waals surface area contributed by atoms with E-state index in [4.69, 9.17) is 21.6 Å². The highest BCUT2D eigenvalue weighted by Gasteiger charge is 2.23. The van der Waals surface area contributed by atoms with Crippen LogP contribution in [0.3, 0.4) is 0 Å². The molecule has 0 unspecified atom stereocenters. The van der Waals surface area contributed by atoms with E-state index in [-0.39, 0.29) is 0 Å². The molecule has 1 aliphatic heterocycles. The predicted octanol–water partition coefficient (Wildman–Crippen LogP) is 4.36. The lowest BCUT2D eigenvalue weighted by molar-refractivity contribution is 0.691. The van der Waals surface area contributed by atoms with Gasteiger partial charge < -0.3 is 20.9 Å². The van der Waals surface area contributed by atoms with Gasteiger partial charge in [0.25, 0.3) is 0 Å². The van der Waals surface area contributed by atoms with Crippen LogP contribution in [0.5, 0.6) is 0 Å². The molecule has 174 valence electrons. The van der Waals surface area contributed by atoms with E-state index in [1.165, 1.54) is 27.6 Å². The third kappa shape index (κ3) is 5.33. The Morgan fingerprint density at radius 3 is 2.67 bits per heavy atom. The van der Waals surface area contributed by atoms with Crippen molar-refractivity contribution in [3.05, 3.63) is 71.4 Å². The summed E-state index contributed by atoms with van der Waals surface area (Å²) >= 11 is 5.71. The highest BCUT2D eigenvalue weighted by molar-refractivity contribution is 6.18. The summed E-state index contributed by atoms with van der Waals surface area (Å²) in [6.07, 6.45) is 1.73. The SMILES string of the molecule is C=C(NCCCl)NCCNc1nc(CC)nc2c1CCN(c1cccc3cccc(C)c13)C2. The lowest BCUT2D eigenvalue weighted by atomic mass is 10.00. The average molecular weight is 465 g/mol. The Bertz CT molecular complexity index is 1120. The number of hydrogen-bond acceptors (Lipinski definition) is 6. The molecule has 0 saturated heterocycles. The van der Waals surface area contributed by atoms with Crippen molar-refractivity contribution in [2.75, 3.05) is 42.3 Å². The molecule has 2 aromatic carbocycles. The molecule has 4 rings (SSSR count). The molecular weight excluding hydrogens is 432 g/mol. The predicted molar refractivity (Wildman–Crippen MR) is 139 cm³/mol. The number of aryl methyl sites for hydroxylation is 2. The lowest BCUT2D eigenvalue weighted by Crippen LogP contribution is -2.33. The first-order chi connectivity index (χ1) is 16.1. The quantitative estimate of drug-likeness (QED) is 0.306. The Balaban J connectivity index is 1.51. The summed E-state index contributed by atoms with van der Waals surface area (Å²) in [4.78, 5) is 12.2. The number of rotatable bonds is 10. The highest BCUT2D eigenvalue weighted by Crippen LogP contribution is 2.33. The van der Waals surface area contributed by atoms with Crippen LogP contribution >= 0.6 is 11.6 Å². The number of hydrogen-bond donors (Lipinski definition) is 3. The van der Waals surface area contributed by atoms with Gasteiger partial charge in [-0.1, -0.05) is 43.8 Å². The zero-order chi connectivity index (χ0) is 23.2. The number of alkyl halides is 1. The van der Waals surface area contributed by atoms with Gasteiger partial charge in [-0.3, -0.25) is 0 Å². The minimum atomic E-state index is 0.557. The van der Waals surface area contributed by atoms with Crippen molar-refractivity contribution in [1.29, 1.82) is 0 Å². The molecule has 1 aliphatic rings. The standard InChI is InChI=1S/C26H33ClN6/c1-4-24-31-22-17-33(23-10-6-9-20-8-5-7-18(2)25(20)23)16-11-21(22)26(32-24)30-15-14-29-19(3)28-13-12-27/h5-10,28-29H,3-4,11-17H2,1-2H3,(H,30,31,32). The second kappa shape index (κ2) is 10.8. The number of nitrogens with one attached hydrogen (secondary N) is 3. The number of benzene rings is 2. The molecule has 0 spiro atoms. The van der Waals surface area contributed by atoms with Crippen LogP contribution in [0.2, 0.25) is 0 Å². The fraction of sp³-hybridized carbons (Fsp3) is 0.385. The summed E-state index contributed by atoms with van der Waals surface area (Å²) < 4.78 is 0. The zero-order valence-corrected chi connectivity index (χ0v) is 20.3. The Morgan fingerprint density at radius 2 is 1.88 bits per heavy atom. The fourth-order valence-corrected chi connectivity index (χ4v) is 4.51. The second-order valence-electron chi connectivity index (χ2n) is 8.34. The maximum Gasteiger partial charge on any atom is 0.133 e. The third-order valence-corrected chi connectivity index (χ3v) is 6.24. The second-order valence-corrected chi connectivity index (χ2v) is 8.71. The first-order valence-corrected chi connectivity index (χ1v) is 12.2. The number of anilines is 2. The molecule has 3 aromatic rings. The van der Waals surface area contributed by atoms with E-state index in [0.717, 1.165) is 62.2 Å². The van der Waals surface area contributed by atoms with Crippen LogP contribution in [0.25, 0.3) is 10.8 Å². The van der Waals surface area contributed by atoms with Gasteiger partial charge in [0.05, 0.1) is 18.1 Å². The van der Waals surface area contributed by atoms with Gasteiger partial charge in [0.15, 0.2) is 0 Å². The molecule has 0 aliphatic carbocycles. The average Bonchev–Trinajstić information content (AvgIpc) is 2.84. The molecule has 0 amide bonds. The molecule has 0 saturated carbocycles. The van der Waals surface area contributed by atoms with Gasteiger partial charge >= 0.3 is 0 Å². The van der Waals surface area contributed by atoms with Crippen molar-refractivity contribution in [3.63, 3.8) is 0 Å². The Kier molecular flexibility index (Phi) is 7.55. The molecule has 7 heteroatoms. The summed E-state index contributed by atoms with van der Waals surface area (Å²) in [5.41, 5.74) is 4.96. The Morgan fingerprint density at radius 1 is 1.09 bits per heavy atom. The summed E-state index contributed by atoms with van der Waals surface area (Å²) in [6, 6.07) is 13.1. The Labute approximate surface area is 201 Å². The van der Waals surface area contributed by atoms with Crippen LogP contribution in [-0.2, 0) is 19.4 Å². The van der Waals surface area contributed by atoms with Gasteiger partial charge in [-0.15, -0.1) is 11.6 Å². The number of aromatic nitrogens is 2. The number of fused-ring (bicyclic) bond motifs is 2. The molecule has 2 heterocycles. The third-order valence-electron chi connectivity index (χ3n) is 6.05. The van der Waals surface area contributed by atoms with Crippen LogP contribution in [0.15, 0.2) is 48.8 Å². The molecule has 6 nitrogen and oxygen atoms in total. The van der Waals surface area contributed by atoms with E-state index in [2.05, 4.69) is 77.7 Å². The van der Waals surface area contributed by atoms with Gasteiger partial charge in [-0.05, 0) is 30.4 Å². The Hall–Kier alpha value is -2.99. The largest absolute Gasteiger partial charge is 0.371 e. The van der Waals surface area contributed by atoms with Crippen LogP contribution in [-0.4, -0.2) is 42.0 Å². The van der Waals surface area contributed by atoms with Crippen molar-refractivity contribution < 1.29 is 0 Å². The maximum atomic E-state index is 5.71. The minimum absolute atomic E-state index is 0.557. The smallest absolute Gasteiger partial charge is 0.133 e.